The van der Waals surface area contributed by atoms with Gasteiger partial charge in [0.15, 0.2) is 0 Å². The number of para-hydroxylation sites is 1. The van der Waals surface area contributed by atoms with Gasteiger partial charge >= 0.3 is 0 Å². The number of fused-ring (bicyclic) bond motifs is 1. The number of ether oxygens (including phenoxy) is 1. The molecular formula is C16H22Cl2N2O. The van der Waals surface area contributed by atoms with Gasteiger partial charge in [-0.1, -0.05) is 31.0 Å². The largest absolute Gasteiger partial charge is 0.381 e. The minimum Gasteiger partial charge on any atom is -0.381 e. The minimum absolute atomic E-state index is 0.144. The molecule has 0 amide bonds. The monoisotopic (exact) mass is 328 g/mol. The number of hydrogen-bond donors (Lipinski definition) is 0. The third kappa shape index (κ3) is 4.12. The normalized spacial score (nSPS) is 13.0. The van der Waals surface area contributed by atoms with Gasteiger partial charge in [0.05, 0.1) is 15.9 Å². The molecule has 1 heterocycles. The quantitative estimate of drug-likeness (QED) is 0.492. The zero-order valence-corrected chi connectivity index (χ0v) is 14.1. The Kier molecular flexibility index (Phi) is 6.34. The Morgan fingerprint density at radius 3 is 2.76 bits per heavy atom. The third-order valence-electron chi connectivity index (χ3n) is 3.43. The second-order valence-electron chi connectivity index (χ2n) is 5.16. The summed E-state index contributed by atoms with van der Waals surface area (Å²) in [6.07, 6.45) is 3.23. The summed E-state index contributed by atoms with van der Waals surface area (Å²) in [5, 5.41) is 0.526. The van der Waals surface area contributed by atoms with Crippen LogP contribution in [0.1, 0.15) is 44.3 Å². The molecule has 0 N–H and O–H groups in total. The number of hydrogen-bond acceptors (Lipinski definition) is 2. The number of aryl methyl sites for hydroxylation is 1. The van der Waals surface area contributed by atoms with Crippen molar-refractivity contribution in [3.63, 3.8) is 0 Å². The highest BCUT2D eigenvalue weighted by molar-refractivity contribution is 6.35. The van der Waals surface area contributed by atoms with Crippen LogP contribution in [0.5, 0.6) is 0 Å². The lowest BCUT2D eigenvalue weighted by Gasteiger charge is -2.10. The van der Waals surface area contributed by atoms with E-state index in [4.69, 9.17) is 27.9 Å². The summed E-state index contributed by atoms with van der Waals surface area (Å²) in [6, 6.07) is 5.84. The number of halogens is 2. The molecule has 2 aromatic rings. The molecule has 0 saturated carbocycles. The summed E-state index contributed by atoms with van der Waals surface area (Å²) < 4.78 is 7.77. The Balaban J connectivity index is 2.10. The molecule has 1 aromatic carbocycles. The number of alkyl halides is 1. The maximum Gasteiger partial charge on any atom is 0.127 e. The number of nitrogens with zero attached hydrogens (tertiary/aromatic N) is 2. The molecule has 0 aliphatic carbocycles. The van der Waals surface area contributed by atoms with E-state index in [1.165, 1.54) is 6.42 Å². The Bertz CT molecular complexity index is 581. The van der Waals surface area contributed by atoms with Gasteiger partial charge in [-0.05, 0) is 31.9 Å². The van der Waals surface area contributed by atoms with E-state index in [1.54, 1.807) is 0 Å². The van der Waals surface area contributed by atoms with E-state index in [2.05, 4.69) is 16.5 Å². The molecule has 0 aliphatic rings. The lowest BCUT2D eigenvalue weighted by Crippen LogP contribution is -2.07. The van der Waals surface area contributed by atoms with Crippen LogP contribution in [-0.4, -0.2) is 22.8 Å². The number of aromatic nitrogens is 2. The molecule has 0 spiro atoms. The molecule has 21 heavy (non-hydrogen) atoms. The Morgan fingerprint density at radius 2 is 2.05 bits per heavy atom. The molecule has 3 nitrogen and oxygen atoms in total. The Hall–Kier alpha value is -0.770. The predicted octanol–water partition coefficient (Wildman–Crippen LogP) is 5.20. The van der Waals surface area contributed by atoms with E-state index in [1.807, 2.05) is 25.1 Å². The van der Waals surface area contributed by atoms with Gasteiger partial charge in [0, 0.05) is 19.8 Å². The van der Waals surface area contributed by atoms with Gasteiger partial charge < -0.3 is 9.30 Å². The van der Waals surface area contributed by atoms with Crippen LogP contribution < -0.4 is 0 Å². The molecule has 5 heteroatoms. The molecule has 1 atom stereocenters. The number of rotatable bonds is 8. The van der Waals surface area contributed by atoms with E-state index < -0.39 is 0 Å². The third-order valence-corrected chi connectivity index (χ3v) is 3.93. The van der Waals surface area contributed by atoms with E-state index >= 15 is 0 Å². The van der Waals surface area contributed by atoms with Gasteiger partial charge in [0.2, 0.25) is 0 Å². The molecule has 1 unspecified atom stereocenters. The molecule has 0 aliphatic heterocycles. The van der Waals surface area contributed by atoms with Gasteiger partial charge in [-0.3, -0.25) is 0 Å². The van der Waals surface area contributed by atoms with Crippen LogP contribution in [0.15, 0.2) is 18.2 Å². The van der Waals surface area contributed by atoms with Crippen LogP contribution in [0, 0.1) is 0 Å². The van der Waals surface area contributed by atoms with Crippen LogP contribution in [0.3, 0.4) is 0 Å². The van der Waals surface area contributed by atoms with Crippen molar-refractivity contribution in [1.29, 1.82) is 0 Å². The molecule has 0 radical (unpaired) electrons. The van der Waals surface area contributed by atoms with E-state index in [0.29, 0.717) is 5.02 Å². The lowest BCUT2D eigenvalue weighted by molar-refractivity contribution is 0.126. The van der Waals surface area contributed by atoms with E-state index in [-0.39, 0.29) is 5.38 Å². The van der Waals surface area contributed by atoms with E-state index in [0.717, 1.165) is 49.5 Å². The summed E-state index contributed by atoms with van der Waals surface area (Å²) in [5.74, 6) is 0.869. The summed E-state index contributed by atoms with van der Waals surface area (Å²) in [6.45, 7) is 6.54. The fourth-order valence-corrected chi connectivity index (χ4v) is 2.72. The zero-order chi connectivity index (χ0) is 15.2. The second kappa shape index (κ2) is 8.02. The summed E-state index contributed by atoms with van der Waals surface area (Å²) >= 11 is 12.5. The molecule has 1 aromatic heterocycles. The van der Waals surface area contributed by atoms with Crippen LogP contribution in [0.2, 0.25) is 5.02 Å². The topological polar surface area (TPSA) is 27.1 Å². The first-order chi connectivity index (χ1) is 10.1. The van der Waals surface area contributed by atoms with Crippen molar-refractivity contribution in [2.24, 2.45) is 0 Å². The van der Waals surface area contributed by atoms with Crippen molar-refractivity contribution in [1.82, 2.24) is 9.55 Å². The first-order valence-corrected chi connectivity index (χ1v) is 8.33. The first-order valence-electron chi connectivity index (χ1n) is 7.51. The van der Waals surface area contributed by atoms with Crippen LogP contribution in [0.4, 0.5) is 0 Å². The van der Waals surface area contributed by atoms with Crippen LogP contribution in [0.25, 0.3) is 11.0 Å². The second-order valence-corrected chi connectivity index (χ2v) is 6.23. The summed E-state index contributed by atoms with van der Waals surface area (Å²) in [7, 11) is 0. The average molecular weight is 329 g/mol. The maximum atomic E-state index is 6.26. The van der Waals surface area contributed by atoms with Crippen LogP contribution in [-0.2, 0) is 11.3 Å². The number of imidazole rings is 1. The number of benzene rings is 1. The molecular weight excluding hydrogens is 307 g/mol. The fraction of sp³-hybridized carbons (Fsp3) is 0.562. The van der Waals surface area contributed by atoms with Crippen LogP contribution >= 0.6 is 23.2 Å². The average Bonchev–Trinajstić information content (AvgIpc) is 2.83. The minimum atomic E-state index is -0.144. The van der Waals surface area contributed by atoms with Crippen molar-refractivity contribution in [2.45, 2.75) is 45.0 Å². The highest BCUT2D eigenvalue weighted by Crippen LogP contribution is 2.28. The SMILES string of the molecule is CCCCOCCCn1c(C(C)Cl)nc2c(Cl)cccc21. The van der Waals surface area contributed by atoms with Crippen molar-refractivity contribution in [2.75, 3.05) is 13.2 Å². The van der Waals surface area contributed by atoms with Gasteiger partial charge in [-0.2, -0.15) is 0 Å². The Labute approximate surface area is 136 Å². The fourth-order valence-electron chi connectivity index (χ4n) is 2.34. The van der Waals surface area contributed by atoms with Crippen molar-refractivity contribution >= 4 is 34.2 Å². The predicted molar refractivity (Wildman–Crippen MR) is 89.4 cm³/mol. The van der Waals surface area contributed by atoms with Crippen molar-refractivity contribution < 1.29 is 4.74 Å². The van der Waals surface area contributed by atoms with Gasteiger partial charge in [-0.15, -0.1) is 11.6 Å². The maximum absolute atomic E-state index is 6.26. The van der Waals surface area contributed by atoms with E-state index in [9.17, 15) is 0 Å². The van der Waals surface area contributed by atoms with Gasteiger partial charge in [-0.25, -0.2) is 4.98 Å². The molecule has 2 rings (SSSR count). The first kappa shape index (κ1) is 16.6. The molecule has 0 fully saturated rings. The Morgan fingerprint density at radius 1 is 1.29 bits per heavy atom. The highest BCUT2D eigenvalue weighted by atomic mass is 35.5. The highest BCUT2D eigenvalue weighted by Gasteiger charge is 2.16. The molecule has 116 valence electrons. The standard InChI is InChI=1S/C16H22Cl2N2O/c1-3-4-10-21-11-6-9-20-14-8-5-7-13(18)15(14)19-16(20)12(2)17/h5,7-8,12H,3-4,6,9-11H2,1-2H3. The van der Waals surface area contributed by atoms with Crippen molar-refractivity contribution in [3.05, 3.63) is 29.0 Å². The van der Waals surface area contributed by atoms with Crippen molar-refractivity contribution in [3.8, 4) is 0 Å². The van der Waals surface area contributed by atoms with Gasteiger partial charge in [0.25, 0.3) is 0 Å². The zero-order valence-electron chi connectivity index (χ0n) is 12.6. The molecule has 0 saturated heterocycles. The summed E-state index contributed by atoms with van der Waals surface area (Å²) in [4.78, 5) is 4.60. The molecule has 0 bridgehead atoms. The summed E-state index contributed by atoms with van der Waals surface area (Å²) in [5.41, 5.74) is 1.87. The number of unbranched alkanes of at least 4 members (excludes halogenated alkanes) is 1. The van der Waals surface area contributed by atoms with Gasteiger partial charge in [0.1, 0.15) is 11.3 Å². The lowest BCUT2D eigenvalue weighted by atomic mass is 10.3. The smallest absolute Gasteiger partial charge is 0.127 e.